The van der Waals surface area contributed by atoms with E-state index < -0.39 is 23.6 Å². The normalized spacial score (nSPS) is 10.9. The van der Waals surface area contributed by atoms with E-state index in [0.29, 0.717) is 27.8 Å². The second kappa shape index (κ2) is 16.6. The molecule has 0 bridgehead atoms. The fourth-order valence-electron chi connectivity index (χ4n) is 7.34. The molecule has 0 aliphatic carbocycles. The lowest BCUT2D eigenvalue weighted by atomic mass is 10.0. The highest BCUT2D eigenvalue weighted by molar-refractivity contribution is 6.08. The summed E-state index contributed by atoms with van der Waals surface area (Å²) in [6.45, 7) is 11.1. The number of benzene rings is 8. The van der Waals surface area contributed by atoms with Crippen molar-refractivity contribution in [1.29, 1.82) is 0 Å². The Kier molecular flexibility index (Phi) is 10.8. The molecule has 8 aromatic carbocycles. The molecule has 0 spiro atoms. The molecule has 8 heteroatoms. The summed E-state index contributed by atoms with van der Waals surface area (Å²) >= 11 is 0. The minimum Gasteiger partial charge on any atom is -0.423 e. The maximum atomic E-state index is 15.8. The Bertz CT molecular complexity index is 2770. The molecule has 0 N–H and O–H groups in total. The largest absolute Gasteiger partial charge is 0.423 e. The Morgan fingerprint density at radius 1 is 0.467 bits per heavy atom. The van der Waals surface area contributed by atoms with Crippen molar-refractivity contribution in [1.82, 2.24) is 0 Å². The van der Waals surface area contributed by atoms with Crippen LogP contribution in [0.1, 0.15) is 11.1 Å². The number of rotatable bonds is 11. The summed E-state index contributed by atoms with van der Waals surface area (Å²) in [5, 5.41) is 0.985. The third kappa shape index (κ3) is 7.62. The van der Waals surface area contributed by atoms with Crippen molar-refractivity contribution in [2.75, 3.05) is 9.80 Å². The number of hydrogen-bond donors (Lipinski definition) is 0. The Hall–Kier alpha value is -7.84. The number of aryl methyl sites for hydroxylation is 2. The van der Waals surface area contributed by atoms with E-state index in [1.54, 1.807) is 36.4 Å². The van der Waals surface area contributed by atoms with E-state index in [1.807, 2.05) is 29.2 Å². The summed E-state index contributed by atoms with van der Waals surface area (Å²) in [5.41, 5.74) is 9.03. The van der Waals surface area contributed by atoms with Crippen LogP contribution in [0.5, 0.6) is 11.5 Å². The van der Waals surface area contributed by atoms with Crippen LogP contribution in [-0.2, 0) is 9.59 Å². The summed E-state index contributed by atoms with van der Waals surface area (Å²) in [6.07, 6.45) is 2.01. The molecule has 0 atom stereocenters. The minimum atomic E-state index is -0.739. The minimum absolute atomic E-state index is 0.0152. The van der Waals surface area contributed by atoms with Crippen LogP contribution in [-0.4, -0.2) is 11.9 Å². The highest BCUT2D eigenvalue weighted by Crippen LogP contribution is 2.46. The standard InChI is InChI=1S/C52H38F2N2O4/c1-5-49(57)59-47-11-7-9-41-45(31-29-43(53)51(41)47)56(46-32-30-44(54)52-42(46)10-8-12-48(52)60-50(58)6-2)40-27-19-36(20-28-40)35-17-25-39(26-18-35)55(37-21-13-33(3)14-22-37)38-23-15-34(4)16-24-38/h5-32H,1-2H2,3-4H3. The fourth-order valence-corrected chi connectivity index (χ4v) is 7.34. The van der Waals surface area contributed by atoms with Crippen LogP contribution in [0.15, 0.2) is 183 Å². The smallest absolute Gasteiger partial charge is 0.335 e. The van der Waals surface area contributed by atoms with Gasteiger partial charge in [-0.3, -0.25) is 0 Å². The van der Waals surface area contributed by atoms with E-state index in [-0.39, 0.29) is 22.3 Å². The molecule has 294 valence electrons. The summed E-state index contributed by atoms with van der Waals surface area (Å²) in [4.78, 5) is 28.7. The first-order valence-electron chi connectivity index (χ1n) is 19.2. The van der Waals surface area contributed by atoms with Gasteiger partial charge < -0.3 is 19.3 Å². The Morgan fingerprint density at radius 2 is 0.817 bits per heavy atom. The predicted octanol–water partition coefficient (Wildman–Crippen LogP) is 13.7. The van der Waals surface area contributed by atoms with Gasteiger partial charge in [0.2, 0.25) is 0 Å². The fraction of sp³-hybridized carbons (Fsp3) is 0.0385. The van der Waals surface area contributed by atoms with Gasteiger partial charge in [-0.05, 0) is 110 Å². The van der Waals surface area contributed by atoms with Crippen LogP contribution in [0.25, 0.3) is 32.7 Å². The molecule has 0 radical (unpaired) electrons. The zero-order valence-electron chi connectivity index (χ0n) is 32.9. The van der Waals surface area contributed by atoms with Crippen molar-refractivity contribution in [3.63, 3.8) is 0 Å². The lowest BCUT2D eigenvalue weighted by Gasteiger charge is -2.29. The summed E-state index contributed by atoms with van der Waals surface area (Å²) in [5.74, 6) is -2.66. The second-order valence-corrected chi connectivity index (χ2v) is 14.2. The Labute approximate surface area is 346 Å². The lowest BCUT2D eigenvalue weighted by Crippen LogP contribution is -2.12. The van der Waals surface area contributed by atoms with Crippen LogP contribution in [0.2, 0.25) is 0 Å². The molecule has 0 saturated heterocycles. The van der Waals surface area contributed by atoms with E-state index in [4.69, 9.17) is 9.47 Å². The summed E-state index contributed by atoms with van der Waals surface area (Å²) < 4.78 is 42.5. The van der Waals surface area contributed by atoms with Crippen LogP contribution in [0.3, 0.4) is 0 Å². The lowest BCUT2D eigenvalue weighted by molar-refractivity contribution is -0.129. The number of esters is 2. The zero-order chi connectivity index (χ0) is 41.9. The van der Waals surface area contributed by atoms with E-state index in [0.717, 1.165) is 40.3 Å². The average Bonchev–Trinajstić information content (AvgIpc) is 3.27. The first kappa shape index (κ1) is 39.0. The van der Waals surface area contributed by atoms with Crippen LogP contribution in [0, 0.1) is 25.5 Å². The predicted molar refractivity (Wildman–Crippen MR) is 237 cm³/mol. The van der Waals surface area contributed by atoms with Crippen LogP contribution in [0.4, 0.5) is 42.9 Å². The molecule has 0 amide bonds. The molecular weight excluding hydrogens is 755 g/mol. The number of halogens is 2. The van der Waals surface area contributed by atoms with E-state index in [9.17, 15) is 9.59 Å². The van der Waals surface area contributed by atoms with Crippen molar-refractivity contribution in [2.24, 2.45) is 0 Å². The van der Waals surface area contributed by atoms with E-state index in [2.05, 4.69) is 105 Å². The topological polar surface area (TPSA) is 59.1 Å². The second-order valence-electron chi connectivity index (χ2n) is 14.2. The maximum absolute atomic E-state index is 15.8. The average molecular weight is 793 g/mol. The van der Waals surface area contributed by atoms with Gasteiger partial charge in [0.15, 0.2) is 0 Å². The first-order valence-corrected chi connectivity index (χ1v) is 19.2. The maximum Gasteiger partial charge on any atom is 0.335 e. The van der Waals surface area contributed by atoms with Crippen molar-refractivity contribution in [2.45, 2.75) is 13.8 Å². The molecule has 0 heterocycles. The number of ether oxygens (including phenoxy) is 2. The van der Waals surface area contributed by atoms with Gasteiger partial charge in [0, 0.05) is 45.7 Å². The monoisotopic (exact) mass is 792 g/mol. The van der Waals surface area contributed by atoms with E-state index in [1.165, 1.54) is 35.4 Å². The van der Waals surface area contributed by atoms with Gasteiger partial charge in [-0.15, -0.1) is 0 Å². The van der Waals surface area contributed by atoms with Gasteiger partial charge in [-0.25, -0.2) is 18.4 Å². The molecule has 0 aliphatic rings. The highest BCUT2D eigenvalue weighted by atomic mass is 19.1. The van der Waals surface area contributed by atoms with Gasteiger partial charge in [-0.1, -0.05) is 97.1 Å². The van der Waals surface area contributed by atoms with Crippen molar-refractivity contribution in [3.8, 4) is 22.6 Å². The number of carbonyl (C=O) groups excluding carboxylic acids is 2. The van der Waals surface area contributed by atoms with Gasteiger partial charge >= 0.3 is 11.9 Å². The summed E-state index contributed by atoms with van der Waals surface area (Å²) in [6, 6.07) is 48.7. The number of anilines is 6. The third-order valence-electron chi connectivity index (χ3n) is 10.3. The highest BCUT2D eigenvalue weighted by Gasteiger charge is 2.23. The molecule has 0 saturated carbocycles. The zero-order valence-corrected chi connectivity index (χ0v) is 32.9. The summed E-state index contributed by atoms with van der Waals surface area (Å²) in [7, 11) is 0. The van der Waals surface area contributed by atoms with E-state index >= 15 is 8.78 Å². The van der Waals surface area contributed by atoms with Crippen molar-refractivity contribution < 1.29 is 27.8 Å². The molecule has 0 unspecified atom stereocenters. The molecule has 0 aromatic heterocycles. The SMILES string of the molecule is C=CC(=O)Oc1cccc2c(N(c3ccc(-c4ccc(N(c5ccc(C)cc5)c5ccc(C)cc5)cc4)cc3)c3ccc(F)c4c(OC(=O)C=C)cccc34)ccc(F)c12. The molecule has 0 fully saturated rings. The number of fused-ring (bicyclic) bond motifs is 2. The molecule has 0 aliphatic heterocycles. The first-order chi connectivity index (χ1) is 29.1. The Morgan fingerprint density at radius 3 is 1.18 bits per heavy atom. The van der Waals surface area contributed by atoms with Crippen LogP contribution >= 0.6 is 0 Å². The van der Waals surface area contributed by atoms with Gasteiger partial charge in [0.25, 0.3) is 0 Å². The number of carbonyl (C=O) groups is 2. The van der Waals surface area contributed by atoms with Gasteiger partial charge in [0.05, 0.1) is 22.1 Å². The van der Waals surface area contributed by atoms with Gasteiger partial charge in [0.1, 0.15) is 23.1 Å². The number of nitrogens with zero attached hydrogens (tertiary/aromatic N) is 2. The third-order valence-corrected chi connectivity index (χ3v) is 10.3. The Balaban J connectivity index is 1.25. The quantitative estimate of drug-likeness (QED) is 0.0738. The number of hydrogen-bond acceptors (Lipinski definition) is 6. The van der Waals surface area contributed by atoms with Crippen LogP contribution < -0.4 is 19.3 Å². The molecule has 60 heavy (non-hydrogen) atoms. The molecule has 8 rings (SSSR count). The molecule has 8 aromatic rings. The molecular formula is C52H38F2N2O4. The van der Waals surface area contributed by atoms with Crippen molar-refractivity contribution in [3.05, 3.63) is 206 Å². The van der Waals surface area contributed by atoms with Crippen molar-refractivity contribution >= 4 is 67.6 Å². The molecule has 6 nitrogen and oxygen atoms in total. The van der Waals surface area contributed by atoms with Gasteiger partial charge in [-0.2, -0.15) is 0 Å².